The molecule has 1 aliphatic heterocycles. The molecular weight excluding hydrogens is 240 g/mol. The van der Waals surface area contributed by atoms with Crippen molar-refractivity contribution in [3.05, 3.63) is 17.7 Å². The molecule has 0 bridgehead atoms. The fourth-order valence-electron chi connectivity index (χ4n) is 2.79. The highest BCUT2D eigenvalue weighted by atomic mass is 16.5. The van der Waals surface area contributed by atoms with Crippen molar-refractivity contribution in [3.63, 3.8) is 0 Å². The van der Waals surface area contributed by atoms with Crippen molar-refractivity contribution >= 4 is 5.69 Å². The Morgan fingerprint density at radius 3 is 2.68 bits per heavy atom. The van der Waals surface area contributed by atoms with E-state index in [4.69, 9.17) is 9.47 Å². The number of nitrogens with zero attached hydrogens (tertiary/aromatic N) is 1. The summed E-state index contributed by atoms with van der Waals surface area (Å²) in [6.45, 7) is 5.33. The van der Waals surface area contributed by atoms with Gasteiger partial charge in [-0.15, -0.1) is 0 Å². The molecule has 2 rings (SSSR count). The van der Waals surface area contributed by atoms with Crippen LogP contribution < -0.4 is 19.7 Å². The molecule has 19 heavy (non-hydrogen) atoms. The fraction of sp³-hybridized carbons (Fsp3) is 0.600. The fourth-order valence-corrected chi connectivity index (χ4v) is 2.79. The molecule has 0 radical (unpaired) electrons. The van der Waals surface area contributed by atoms with Crippen LogP contribution in [0.3, 0.4) is 0 Å². The number of anilines is 1. The van der Waals surface area contributed by atoms with Crippen LogP contribution in [0.4, 0.5) is 5.69 Å². The molecule has 106 valence electrons. The summed E-state index contributed by atoms with van der Waals surface area (Å²) in [7, 11) is 5.54. The number of nitrogens with one attached hydrogen (secondary N) is 1. The van der Waals surface area contributed by atoms with Crippen LogP contribution in [0.25, 0.3) is 0 Å². The molecule has 1 heterocycles. The largest absolute Gasteiger partial charge is 0.496 e. The van der Waals surface area contributed by atoms with Gasteiger partial charge in [0.25, 0.3) is 0 Å². The van der Waals surface area contributed by atoms with Gasteiger partial charge in [0.2, 0.25) is 0 Å². The number of hydrogen-bond acceptors (Lipinski definition) is 4. The predicted molar refractivity (Wildman–Crippen MR) is 78.5 cm³/mol. The third kappa shape index (κ3) is 2.95. The van der Waals surface area contributed by atoms with Crippen LogP contribution in [0.5, 0.6) is 11.5 Å². The van der Waals surface area contributed by atoms with Gasteiger partial charge in [-0.1, -0.05) is 0 Å². The average Bonchev–Trinajstić information content (AvgIpc) is 2.91. The van der Waals surface area contributed by atoms with E-state index in [-0.39, 0.29) is 0 Å². The second kappa shape index (κ2) is 6.15. The Hall–Kier alpha value is -1.42. The lowest BCUT2D eigenvalue weighted by molar-refractivity contribution is 0.388. The van der Waals surface area contributed by atoms with Gasteiger partial charge in [-0.25, -0.2) is 0 Å². The minimum atomic E-state index is 0.720. The Kier molecular flexibility index (Phi) is 4.53. The van der Waals surface area contributed by atoms with Crippen LogP contribution in [0.1, 0.15) is 12.0 Å². The molecule has 1 saturated heterocycles. The molecule has 4 heteroatoms. The zero-order valence-corrected chi connectivity index (χ0v) is 12.3. The summed E-state index contributed by atoms with van der Waals surface area (Å²) in [5.74, 6) is 2.50. The Balaban J connectivity index is 2.20. The first-order chi connectivity index (χ1) is 9.17. The second-order valence-electron chi connectivity index (χ2n) is 5.18. The summed E-state index contributed by atoms with van der Waals surface area (Å²) in [5.41, 5.74) is 2.19. The van der Waals surface area contributed by atoms with Crippen LogP contribution in [-0.2, 0) is 0 Å². The van der Waals surface area contributed by atoms with E-state index >= 15 is 0 Å². The molecule has 1 unspecified atom stereocenters. The van der Waals surface area contributed by atoms with Crippen molar-refractivity contribution in [1.82, 2.24) is 5.32 Å². The summed E-state index contributed by atoms with van der Waals surface area (Å²) in [6.07, 6.45) is 1.25. The first-order valence-corrected chi connectivity index (χ1v) is 6.80. The molecule has 1 aromatic rings. The second-order valence-corrected chi connectivity index (χ2v) is 5.18. The van der Waals surface area contributed by atoms with Crippen LogP contribution >= 0.6 is 0 Å². The standard InChI is InChI=1S/C15H24N2O2/c1-11-14(18-3)6-5-13(15(11)19-4)17(2)10-12-7-8-16-9-12/h5-6,12,16H,7-10H2,1-4H3. The van der Waals surface area contributed by atoms with Gasteiger partial charge >= 0.3 is 0 Å². The van der Waals surface area contributed by atoms with Gasteiger partial charge in [-0.3, -0.25) is 0 Å². The lowest BCUT2D eigenvalue weighted by atomic mass is 10.1. The predicted octanol–water partition coefficient (Wildman–Crippen LogP) is 2.06. The minimum Gasteiger partial charge on any atom is -0.496 e. The van der Waals surface area contributed by atoms with Gasteiger partial charge in [-0.2, -0.15) is 0 Å². The van der Waals surface area contributed by atoms with Crippen molar-refractivity contribution in [2.75, 3.05) is 45.8 Å². The maximum absolute atomic E-state index is 5.57. The van der Waals surface area contributed by atoms with E-state index in [1.54, 1.807) is 14.2 Å². The van der Waals surface area contributed by atoms with Gasteiger partial charge < -0.3 is 19.7 Å². The summed E-state index contributed by atoms with van der Waals surface area (Å²) in [6, 6.07) is 4.09. The molecular formula is C15H24N2O2. The number of hydrogen-bond donors (Lipinski definition) is 1. The number of benzene rings is 1. The Bertz CT molecular complexity index is 428. The van der Waals surface area contributed by atoms with E-state index in [2.05, 4.69) is 23.3 Å². The first-order valence-electron chi connectivity index (χ1n) is 6.80. The molecule has 4 nitrogen and oxygen atoms in total. The summed E-state index contributed by atoms with van der Waals surface area (Å²) < 4.78 is 10.9. The van der Waals surface area contributed by atoms with E-state index in [1.165, 1.54) is 6.42 Å². The Labute approximate surface area is 115 Å². The van der Waals surface area contributed by atoms with Gasteiger partial charge in [0, 0.05) is 19.2 Å². The summed E-state index contributed by atoms with van der Waals surface area (Å²) in [4.78, 5) is 2.28. The molecule has 0 spiro atoms. The maximum atomic E-state index is 5.57. The van der Waals surface area contributed by atoms with Gasteiger partial charge in [0.1, 0.15) is 11.5 Å². The lowest BCUT2D eigenvalue weighted by Crippen LogP contribution is -2.27. The van der Waals surface area contributed by atoms with Gasteiger partial charge in [0.05, 0.1) is 19.9 Å². The van der Waals surface area contributed by atoms with Crippen molar-refractivity contribution in [2.24, 2.45) is 5.92 Å². The SMILES string of the molecule is COc1ccc(N(C)CC2CCNC2)c(OC)c1C. The zero-order chi connectivity index (χ0) is 13.8. The van der Waals surface area contributed by atoms with Crippen LogP contribution in [0.15, 0.2) is 12.1 Å². The van der Waals surface area contributed by atoms with E-state index in [0.29, 0.717) is 0 Å². The topological polar surface area (TPSA) is 33.7 Å². The third-order valence-electron chi connectivity index (χ3n) is 3.87. The van der Waals surface area contributed by atoms with E-state index < -0.39 is 0 Å². The average molecular weight is 264 g/mol. The van der Waals surface area contributed by atoms with E-state index in [1.807, 2.05) is 13.0 Å². The molecule has 0 saturated carbocycles. The van der Waals surface area contributed by atoms with Crippen LogP contribution in [0.2, 0.25) is 0 Å². The normalized spacial score (nSPS) is 18.4. The summed E-state index contributed by atoms with van der Waals surface area (Å²) >= 11 is 0. The molecule has 1 atom stereocenters. The maximum Gasteiger partial charge on any atom is 0.148 e. The van der Waals surface area contributed by atoms with Crippen molar-refractivity contribution in [2.45, 2.75) is 13.3 Å². The van der Waals surface area contributed by atoms with Crippen LogP contribution in [-0.4, -0.2) is 40.9 Å². The Morgan fingerprint density at radius 1 is 1.32 bits per heavy atom. The number of methoxy groups -OCH3 is 2. The Morgan fingerprint density at radius 2 is 2.11 bits per heavy atom. The quantitative estimate of drug-likeness (QED) is 0.882. The highest BCUT2D eigenvalue weighted by Crippen LogP contribution is 2.37. The van der Waals surface area contributed by atoms with Crippen molar-refractivity contribution in [1.29, 1.82) is 0 Å². The minimum absolute atomic E-state index is 0.720. The summed E-state index contributed by atoms with van der Waals surface area (Å²) in [5, 5.41) is 3.41. The van der Waals surface area contributed by atoms with Crippen molar-refractivity contribution in [3.8, 4) is 11.5 Å². The number of ether oxygens (including phenoxy) is 2. The number of rotatable bonds is 5. The molecule has 0 aromatic heterocycles. The highest BCUT2D eigenvalue weighted by Gasteiger charge is 2.20. The lowest BCUT2D eigenvalue weighted by Gasteiger charge is -2.26. The zero-order valence-electron chi connectivity index (χ0n) is 12.3. The third-order valence-corrected chi connectivity index (χ3v) is 3.87. The molecule has 1 fully saturated rings. The molecule has 1 aliphatic rings. The molecule has 1 N–H and O–H groups in total. The van der Waals surface area contributed by atoms with E-state index in [0.717, 1.165) is 48.3 Å². The highest BCUT2D eigenvalue weighted by molar-refractivity contribution is 5.65. The van der Waals surface area contributed by atoms with E-state index in [9.17, 15) is 0 Å². The molecule has 1 aromatic carbocycles. The van der Waals surface area contributed by atoms with Gasteiger partial charge in [-0.05, 0) is 44.5 Å². The monoisotopic (exact) mass is 264 g/mol. The molecule has 0 aliphatic carbocycles. The molecule has 0 amide bonds. The van der Waals surface area contributed by atoms with Gasteiger partial charge in [0.15, 0.2) is 0 Å². The smallest absolute Gasteiger partial charge is 0.148 e. The first kappa shape index (κ1) is 14.0. The van der Waals surface area contributed by atoms with Crippen molar-refractivity contribution < 1.29 is 9.47 Å². The van der Waals surface area contributed by atoms with Crippen LogP contribution in [0, 0.1) is 12.8 Å².